The highest BCUT2D eigenvalue weighted by molar-refractivity contribution is 5.89. The molecular formula is C59H80N16O17. The number of ether oxygens (including phenoxy) is 1. The first kappa shape index (κ1) is 72.4. The summed E-state index contributed by atoms with van der Waals surface area (Å²) in [7, 11) is 0. The lowest BCUT2D eigenvalue weighted by Gasteiger charge is -2.21. The van der Waals surface area contributed by atoms with E-state index in [1.807, 2.05) is 0 Å². The van der Waals surface area contributed by atoms with Crippen molar-refractivity contribution in [1.82, 2.24) is 75.4 Å². The van der Waals surface area contributed by atoms with Crippen LogP contribution in [0.15, 0.2) is 93.5 Å². The molecule has 4 heterocycles. The third-order valence-corrected chi connectivity index (χ3v) is 14.4. The summed E-state index contributed by atoms with van der Waals surface area (Å²) in [4.78, 5) is 213. The molecule has 4 atom stereocenters. The summed E-state index contributed by atoms with van der Waals surface area (Å²) >= 11 is 0. The Kier molecular flexibility index (Phi) is 28.6. The number of rotatable bonds is 37. The lowest BCUT2D eigenvalue weighted by molar-refractivity contribution is -0.149. The maximum atomic E-state index is 13.8. The lowest BCUT2D eigenvalue weighted by Crippen LogP contribution is -2.49. The van der Waals surface area contributed by atoms with Crippen molar-refractivity contribution < 1.29 is 43.1 Å². The molecule has 7 amide bonds. The Labute approximate surface area is 524 Å². The Morgan fingerprint density at radius 2 is 0.696 bits per heavy atom. The Morgan fingerprint density at radius 1 is 0.413 bits per heavy atom. The van der Waals surface area contributed by atoms with E-state index in [-0.39, 0.29) is 113 Å². The van der Waals surface area contributed by atoms with E-state index in [2.05, 4.69) is 57.2 Å². The van der Waals surface area contributed by atoms with Gasteiger partial charge in [-0.05, 0) is 117 Å². The van der Waals surface area contributed by atoms with Crippen LogP contribution in [0.25, 0.3) is 0 Å². The molecule has 0 saturated heterocycles. The van der Waals surface area contributed by atoms with Crippen LogP contribution in [-0.4, -0.2) is 136 Å². The first-order chi connectivity index (χ1) is 43.8. The van der Waals surface area contributed by atoms with E-state index in [9.17, 15) is 76.7 Å². The first-order valence-electron chi connectivity index (χ1n) is 29.9. The number of benzene rings is 1. The number of H-pyrrole nitrogens is 4. The molecule has 33 nitrogen and oxygen atoms in total. The molecule has 4 aromatic heterocycles. The molecule has 0 aliphatic carbocycles. The van der Waals surface area contributed by atoms with E-state index >= 15 is 0 Å². The number of aromatic amines is 4. The standard InChI is InChI=1S/C59H80N16O17/c1-35-26-72(56(88)68-48(35)80)30-44(76)64-40(18-8-12-22-60)52(84)61-23-13-9-19-41(65-45(77)31-73-27-36(2)49(81)69-57(73)89)53(85)62-24-14-10-20-42(66-46(78)32-74-28-37(3)50(82)70-58(74)90)54(86)63-25-15-11-21-43(55(87)92-34-39-16-6-5-7-17-39)67-47(79)33-75-29-38(4)51(83)71-59(75)91/h5-7,16-17,26-29,40-43H,8-15,18-25,30-34,60H2,1-4H3,(H,61,84)(H,62,85)(H,63,86)(H,64,76)(H,65,77)(H,66,78)(H,67,79)(H,68,80,88)(H,69,81,89)(H,70,82,90)(H,71,83,91)/t40-,41-,42-,43-/m1/s1. The predicted molar refractivity (Wildman–Crippen MR) is 332 cm³/mol. The quantitative estimate of drug-likeness (QED) is 0.0134. The number of nitrogens with zero attached hydrogens (tertiary/aromatic N) is 4. The van der Waals surface area contributed by atoms with Crippen LogP contribution < -0.4 is 87.9 Å². The summed E-state index contributed by atoms with van der Waals surface area (Å²) in [5.41, 5.74) is 1.11. The minimum Gasteiger partial charge on any atom is -0.459 e. The fraction of sp³-hybridized carbons (Fsp3) is 0.492. The molecule has 13 N–H and O–H groups in total. The third kappa shape index (κ3) is 23.9. The van der Waals surface area contributed by atoms with Crippen molar-refractivity contribution >= 4 is 47.3 Å². The molecule has 33 heteroatoms. The topological polar surface area (TPSA) is 475 Å². The van der Waals surface area contributed by atoms with E-state index in [0.717, 1.165) is 18.3 Å². The van der Waals surface area contributed by atoms with E-state index in [1.54, 1.807) is 30.3 Å². The Hall–Kier alpha value is -10.3. The molecule has 0 aliphatic rings. The highest BCUT2D eigenvalue weighted by atomic mass is 16.5. The summed E-state index contributed by atoms with van der Waals surface area (Å²) < 4.78 is 9.41. The largest absolute Gasteiger partial charge is 0.459 e. The smallest absolute Gasteiger partial charge is 0.328 e. The van der Waals surface area contributed by atoms with Crippen LogP contribution in [0.3, 0.4) is 0 Å². The van der Waals surface area contributed by atoms with Crippen molar-refractivity contribution in [2.75, 3.05) is 26.2 Å². The lowest BCUT2D eigenvalue weighted by atomic mass is 10.1. The van der Waals surface area contributed by atoms with Gasteiger partial charge in [-0.3, -0.25) is 90.9 Å². The van der Waals surface area contributed by atoms with Crippen molar-refractivity contribution in [3.05, 3.63) is 166 Å². The van der Waals surface area contributed by atoms with Crippen molar-refractivity contribution in [3.63, 3.8) is 0 Å². The normalized spacial score (nSPS) is 12.3. The van der Waals surface area contributed by atoms with Gasteiger partial charge in [0.2, 0.25) is 41.4 Å². The summed E-state index contributed by atoms with van der Waals surface area (Å²) in [6.45, 7) is 3.95. The number of amides is 7. The number of unbranched alkanes of at least 4 members (excludes halogenated alkanes) is 4. The van der Waals surface area contributed by atoms with Gasteiger partial charge in [-0.1, -0.05) is 30.3 Å². The molecule has 0 saturated carbocycles. The maximum Gasteiger partial charge on any atom is 0.328 e. The van der Waals surface area contributed by atoms with Gasteiger partial charge in [-0.15, -0.1) is 0 Å². The molecule has 0 fully saturated rings. The second kappa shape index (κ2) is 36.4. The second-order valence-electron chi connectivity index (χ2n) is 22.0. The number of carbonyl (C=O) groups excluding carboxylic acids is 8. The fourth-order valence-corrected chi connectivity index (χ4v) is 9.32. The van der Waals surface area contributed by atoms with E-state index in [1.165, 1.54) is 52.5 Å². The minimum atomic E-state index is -1.21. The molecule has 0 bridgehead atoms. The summed E-state index contributed by atoms with van der Waals surface area (Å²) in [5.74, 6) is -5.51. The Balaban J connectivity index is 1.20. The third-order valence-electron chi connectivity index (χ3n) is 14.4. The molecule has 0 unspecified atom stereocenters. The highest BCUT2D eigenvalue weighted by Crippen LogP contribution is 2.10. The summed E-state index contributed by atoms with van der Waals surface area (Å²) in [5, 5.41) is 18.7. The van der Waals surface area contributed by atoms with E-state index in [4.69, 9.17) is 10.5 Å². The molecule has 498 valence electrons. The van der Waals surface area contributed by atoms with Gasteiger partial charge in [0.25, 0.3) is 22.2 Å². The monoisotopic (exact) mass is 1280 g/mol. The molecule has 92 heavy (non-hydrogen) atoms. The number of hydrogen-bond acceptors (Lipinski definition) is 18. The van der Waals surface area contributed by atoms with Gasteiger partial charge in [0, 0.05) is 66.7 Å². The first-order valence-corrected chi connectivity index (χ1v) is 29.9. The number of hydrogen-bond donors (Lipinski definition) is 12. The number of nitrogens with two attached hydrogens (primary N) is 1. The molecule has 5 rings (SSSR count). The van der Waals surface area contributed by atoms with Crippen molar-refractivity contribution in [2.45, 2.75) is 162 Å². The second-order valence-corrected chi connectivity index (χ2v) is 22.0. The van der Waals surface area contributed by atoms with Gasteiger partial charge in [0.15, 0.2) is 0 Å². The zero-order valence-electron chi connectivity index (χ0n) is 51.7. The van der Waals surface area contributed by atoms with Crippen molar-refractivity contribution in [2.24, 2.45) is 5.73 Å². The van der Waals surface area contributed by atoms with E-state index in [0.29, 0.717) is 24.9 Å². The van der Waals surface area contributed by atoms with Gasteiger partial charge in [0.1, 0.15) is 57.0 Å². The summed E-state index contributed by atoms with van der Waals surface area (Å²) in [6.07, 6.45) is 7.55. The average molecular weight is 1290 g/mol. The van der Waals surface area contributed by atoms with Gasteiger partial charge >= 0.3 is 28.7 Å². The number of nitrogens with one attached hydrogen (secondary N) is 11. The van der Waals surface area contributed by atoms with Crippen molar-refractivity contribution in [3.8, 4) is 0 Å². The molecule has 5 aromatic rings. The van der Waals surface area contributed by atoms with Crippen LogP contribution in [-0.2, 0) is 75.9 Å². The zero-order valence-corrected chi connectivity index (χ0v) is 51.7. The van der Waals surface area contributed by atoms with Gasteiger partial charge in [-0.2, -0.15) is 0 Å². The van der Waals surface area contributed by atoms with Crippen LogP contribution in [0.5, 0.6) is 0 Å². The van der Waals surface area contributed by atoms with Crippen LogP contribution >= 0.6 is 0 Å². The zero-order chi connectivity index (χ0) is 67.4. The fourth-order valence-electron chi connectivity index (χ4n) is 9.32. The summed E-state index contributed by atoms with van der Waals surface area (Å²) in [6, 6.07) is 4.17. The Bertz CT molecular complexity index is 3920. The minimum absolute atomic E-state index is 0.00213. The number of esters is 1. The van der Waals surface area contributed by atoms with Crippen LogP contribution in [0.2, 0.25) is 0 Å². The van der Waals surface area contributed by atoms with Crippen molar-refractivity contribution in [1.29, 1.82) is 0 Å². The van der Waals surface area contributed by atoms with Gasteiger partial charge in [-0.25, -0.2) is 24.0 Å². The highest BCUT2D eigenvalue weighted by Gasteiger charge is 2.27. The SMILES string of the molecule is Cc1cn(CC(=O)N[C@H](CCCCN)C(=O)NCCCC[C@@H](NC(=O)Cn2cc(C)c(=O)[nH]c2=O)C(=O)NCCCC[C@@H](NC(=O)Cn2cc(C)c(=O)[nH]c2=O)C(=O)NCCCC[C@@H](NC(=O)Cn2cc(C)c(=O)[nH]c2=O)C(=O)OCc2ccccc2)c(=O)[nH]c1=O. The number of aryl methyl sites for hydroxylation is 4. The molecule has 0 radical (unpaired) electrons. The molecule has 1 aromatic carbocycles. The average Bonchev–Trinajstić information content (AvgIpc) is 2.07. The Morgan fingerprint density at radius 3 is 1.00 bits per heavy atom. The molecule has 0 spiro atoms. The van der Waals surface area contributed by atoms with Crippen LogP contribution in [0, 0.1) is 27.7 Å². The maximum absolute atomic E-state index is 13.8. The van der Waals surface area contributed by atoms with Gasteiger partial charge < -0.3 is 47.7 Å². The van der Waals surface area contributed by atoms with E-state index < -0.39 is 143 Å². The number of carbonyl (C=O) groups is 8. The van der Waals surface area contributed by atoms with Gasteiger partial charge in [0.05, 0.1) is 0 Å². The molecule has 0 aliphatic heterocycles. The predicted octanol–water partition coefficient (Wildman–Crippen LogP) is -3.91. The van der Waals surface area contributed by atoms with Crippen LogP contribution in [0.4, 0.5) is 0 Å². The molecular weight excluding hydrogens is 1200 g/mol. The number of aromatic nitrogens is 8. The van der Waals surface area contributed by atoms with Crippen LogP contribution in [0.1, 0.15) is 105 Å².